The lowest BCUT2D eigenvalue weighted by Gasteiger charge is -2.38. The van der Waals surface area contributed by atoms with Crippen LogP contribution < -0.4 is 15.5 Å². The largest absolute Gasteiger partial charge is 0.507 e. The van der Waals surface area contributed by atoms with Crippen LogP contribution in [0.15, 0.2) is 36.7 Å². The molecule has 3 aliphatic heterocycles. The quantitative estimate of drug-likeness (QED) is 0.716. The molecule has 1 aromatic heterocycles. The van der Waals surface area contributed by atoms with E-state index < -0.39 is 6.17 Å². The number of hydrogen-bond acceptors (Lipinski definition) is 6. The number of alkyl halides is 1. The number of hydrogen-bond donors (Lipinski definition) is 3. The molecular weight excluding hydrogens is 385 g/mol. The van der Waals surface area contributed by atoms with Crippen LogP contribution in [0.25, 0.3) is 16.8 Å². The maximum atomic E-state index is 14.8. The Morgan fingerprint density at radius 3 is 2.80 bits per heavy atom. The van der Waals surface area contributed by atoms with Gasteiger partial charge in [0, 0.05) is 37.3 Å². The summed E-state index contributed by atoms with van der Waals surface area (Å²) in [6.45, 7) is 0.451. The second kappa shape index (κ2) is 7.36. The molecule has 0 unspecified atom stereocenters. The van der Waals surface area contributed by atoms with E-state index in [0.717, 1.165) is 30.4 Å². The molecule has 5 rings (SSSR count). The Kier molecular flexibility index (Phi) is 4.66. The number of benzene rings is 1. The van der Waals surface area contributed by atoms with Crippen LogP contribution in [0.2, 0.25) is 0 Å². The highest BCUT2D eigenvalue weighted by molar-refractivity contribution is 6.00. The van der Waals surface area contributed by atoms with Crippen LogP contribution in [0.4, 0.5) is 10.2 Å². The molecular formula is C22H24FN5O2. The van der Waals surface area contributed by atoms with Gasteiger partial charge < -0.3 is 20.6 Å². The zero-order valence-electron chi connectivity index (χ0n) is 16.7. The van der Waals surface area contributed by atoms with Crippen molar-refractivity contribution in [1.29, 1.82) is 0 Å². The van der Waals surface area contributed by atoms with E-state index in [9.17, 15) is 14.3 Å². The van der Waals surface area contributed by atoms with E-state index in [-0.39, 0.29) is 23.7 Å². The van der Waals surface area contributed by atoms with Gasteiger partial charge in [0.15, 0.2) is 0 Å². The highest BCUT2D eigenvalue weighted by Crippen LogP contribution is 2.34. The van der Waals surface area contributed by atoms with Crippen LogP contribution in [-0.2, 0) is 4.79 Å². The summed E-state index contributed by atoms with van der Waals surface area (Å²) in [6.07, 6.45) is 6.49. The fourth-order valence-electron chi connectivity index (χ4n) is 4.74. The standard InChI is InChI=1S/C22H24FN5O2/c1-28(18-8-14-3-5-16(27-14)22(18)23)20-11-24-17(10-25-20)15-4-2-12(6-19(15)29)13-7-21(30)26-9-13/h2,4,6-7,10-11,14,16,18,22,27,29H,3,5,8-9H2,1H3,(H,26,30)/t14-,16+,18-,22+/m1/s1. The molecule has 0 radical (unpaired) electrons. The van der Waals surface area contributed by atoms with E-state index in [1.165, 1.54) is 6.08 Å². The van der Waals surface area contributed by atoms with Gasteiger partial charge in [-0.15, -0.1) is 0 Å². The molecule has 2 saturated heterocycles. The van der Waals surface area contributed by atoms with Crippen molar-refractivity contribution in [2.45, 2.75) is 43.6 Å². The number of phenols is 1. The van der Waals surface area contributed by atoms with Gasteiger partial charge in [0.25, 0.3) is 0 Å². The summed E-state index contributed by atoms with van der Waals surface area (Å²) in [6, 6.07) is 5.33. The van der Waals surface area contributed by atoms with E-state index >= 15 is 0 Å². The third kappa shape index (κ3) is 3.31. The van der Waals surface area contributed by atoms with Gasteiger partial charge in [0.2, 0.25) is 5.91 Å². The van der Waals surface area contributed by atoms with E-state index in [0.29, 0.717) is 29.7 Å². The van der Waals surface area contributed by atoms with Crippen LogP contribution >= 0.6 is 0 Å². The normalized spacial score (nSPS) is 27.7. The van der Waals surface area contributed by atoms with Crippen LogP contribution in [0.1, 0.15) is 24.8 Å². The van der Waals surface area contributed by atoms with Crippen molar-refractivity contribution in [1.82, 2.24) is 20.6 Å². The summed E-state index contributed by atoms with van der Waals surface area (Å²) in [7, 11) is 1.86. The molecule has 3 aliphatic rings. The maximum absolute atomic E-state index is 14.8. The number of nitrogens with one attached hydrogen (secondary N) is 2. The predicted octanol–water partition coefficient (Wildman–Crippen LogP) is 2.03. The van der Waals surface area contributed by atoms with Gasteiger partial charge in [-0.05, 0) is 42.5 Å². The fourth-order valence-corrected chi connectivity index (χ4v) is 4.74. The first kappa shape index (κ1) is 19.0. The van der Waals surface area contributed by atoms with Crippen molar-refractivity contribution in [2.24, 2.45) is 0 Å². The Bertz CT molecular complexity index is 1010. The number of nitrogens with zero attached hydrogens (tertiary/aromatic N) is 3. The van der Waals surface area contributed by atoms with Crippen LogP contribution in [-0.4, -0.2) is 58.9 Å². The Hall–Kier alpha value is -3.00. The summed E-state index contributed by atoms with van der Waals surface area (Å²) in [5.74, 6) is 0.558. The molecule has 4 atom stereocenters. The van der Waals surface area contributed by atoms with Crippen molar-refractivity contribution >= 4 is 17.3 Å². The number of aromatic hydroxyl groups is 1. The number of rotatable bonds is 4. The van der Waals surface area contributed by atoms with E-state index in [2.05, 4.69) is 20.6 Å². The minimum absolute atomic E-state index is 0.0700. The van der Waals surface area contributed by atoms with E-state index in [1.807, 2.05) is 18.0 Å². The Morgan fingerprint density at radius 2 is 2.10 bits per heavy atom. The molecule has 3 N–H and O–H groups in total. The molecule has 0 spiro atoms. The lowest BCUT2D eigenvalue weighted by atomic mass is 9.96. The summed E-state index contributed by atoms with van der Waals surface area (Å²) in [5, 5.41) is 16.6. The van der Waals surface area contributed by atoms with Gasteiger partial charge in [-0.25, -0.2) is 9.37 Å². The monoisotopic (exact) mass is 409 g/mol. The molecule has 1 amide bonds. The van der Waals surface area contributed by atoms with Crippen LogP contribution in [0.5, 0.6) is 5.75 Å². The molecule has 0 aliphatic carbocycles. The second-order valence-electron chi connectivity index (χ2n) is 8.28. The summed E-state index contributed by atoms with van der Waals surface area (Å²) in [4.78, 5) is 22.2. The molecule has 30 heavy (non-hydrogen) atoms. The van der Waals surface area contributed by atoms with Gasteiger partial charge in [-0.2, -0.15) is 0 Å². The first-order valence-electron chi connectivity index (χ1n) is 10.3. The fraction of sp³-hybridized carbons (Fsp3) is 0.409. The number of phenolic OH excluding ortho intramolecular Hbond substituents is 1. The highest BCUT2D eigenvalue weighted by Gasteiger charge is 2.43. The third-order valence-electron chi connectivity index (χ3n) is 6.45. The van der Waals surface area contributed by atoms with E-state index in [4.69, 9.17) is 0 Å². The first-order valence-corrected chi connectivity index (χ1v) is 10.3. The van der Waals surface area contributed by atoms with Gasteiger partial charge in [0.1, 0.15) is 17.7 Å². The SMILES string of the molecule is CN(c1cnc(-c2ccc(C3=CC(=O)NC3)cc2O)cn1)[C@@H]1C[C@H]2CC[C@H](N2)[C@@H]1F. The number of piperidine rings is 1. The Morgan fingerprint density at radius 1 is 1.23 bits per heavy atom. The molecule has 2 bridgehead atoms. The molecule has 0 saturated carbocycles. The van der Waals surface area contributed by atoms with Crippen molar-refractivity contribution in [3.8, 4) is 17.0 Å². The summed E-state index contributed by atoms with van der Waals surface area (Å²) >= 11 is 0. The molecule has 1 aromatic carbocycles. The van der Waals surface area contributed by atoms with Gasteiger partial charge in [0.05, 0.1) is 24.1 Å². The zero-order valence-corrected chi connectivity index (χ0v) is 16.7. The smallest absolute Gasteiger partial charge is 0.244 e. The maximum Gasteiger partial charge on any atom is 0.244 e. The number of halogens is 1. The number of aromatic nitrogens is 2. The average molecular weight is 409 g/mol. The lowest BCUT2D eigenvalue weighted by molar-refractivity contribution is -0.115. The molecule has 4 heterocycles. The number of carbonyl (C=O) groups excluding carboxylic acids is 1. The average Bonchev–Trinajstić information content (AvgIpc) is 3.37. The van der Waals surface area contributed by atoms with Crippen molar-refractivity contribution in [3.05, 3.63) is 42.2 Å². The predicted molar refractivity (Wildman–Crippen MR) is 112 cm³/mol. The summed E-state index contributed by atoms with van der Waals surface area (Å²) in [5.41, 5.74) is 2.71. The van der Waals surface area contributed by atoms with Crippen LogP contribution in [0.3, 0.4) is 0 Å². The van der Waals surface area contributed by atoms with Gasteiger partial charge in [-0.3, -0.25) is 9.78 Å². The highest BCUT2D eigenvalue weighted by atomic mass is 19.1. The first-order chi connectivity index (χ1) is 14.5. The zero-order chi connectivity index (χ0) is 20.8. The Balaban J connectivity index is 1.35. The second-order valence-corrected chi connectivity index (χ2v) is 8.28. The van der Waals surface area contributed by atoms with Crippen molar-refractivity contribution < 1.29 is 14.3 Å². The molecule has 2 aromatic rings. The van der Waals surface area contributed by atoms with Gasteiger partial charge in [-0.1, -0.05) is 6.07 Å². The molecule has 156 valence electrons. The topological polar surface area (TPSA) is 90.4 Å². The summed E-state index contributed by atoms with van der Waals surface area (Å²) < 4.78 is 14.8. The molecule has 2 fully saturated rings. The number of anilines is 1. The van der Waals surface area contributed by atoms with Crippen molar-refractivity contribution in [3.63, 3.8) is 0 Å². The van der Waals surface area contributed by atoms with Crippen LogP contribution in [0, 0.1) is 0 Å². The third-order valence-corrected chi connectivity index (χ3v) is 6.45. The lowest BCUT2D eigenvalue weighted by Crippen LogP contribution is -2.55. The van der Waals surface area contributed by atoms with E-state index in [1.54, 1.807) is 24.5 Å². The van der Waals surface area contributed by atoms with Crippen molar-refractivity contribution in [2.75, 3.05) is 18.5 Å². The number of amides is 1. The molecule has 7 nitrogen and oxygen atoms in total. The number of carbonyl (C=O) groups is 1. The number of fused-ring (bicyclic) bond motifs is 2. The molecule has 8 heteroatoms. The van der Waals surface area contributed by atoms with Gasteiger partial charge >= 0.3 is 0 Å². The minimum Gasteiger partial charge on any atom is -0.507 e. The Labute approximate surface area is 174 Å². The minimum atomic E-state index is -0.932.